The molecule has 1 N–H and O–H groups in total. The summed E-state index contributed by atoms with van der Waals surface area (Å²) in [5, 5.41) is 6.37. The predicted octanol–water partition coefficient (Wildman–Crippen LogP) is 0.961. The van der Waals surface area contributed by atoms with Crippen LogP contribution in [-0.2, 0) is 6.54 Å². The van der Waals surface area contributed by atoms with E-state index < -0.39 is 0 Å². The molecule has 1 aromatic rings. The van der Waals surface area contributed by atoms with Gasteiger partial charge in [-0.25, -0.2) is 0 Å². The summed E-state index contributed by atoms with van der Waals surface area (Å²) in [6, 6.07) is 0. The van der Waals surface area contributed by atoms with Gasteiger partial charge in [0.05, 0.1) is 0 Å². The standard InChI is InChI=1S/C4H7N3S/c1-2-7-3-5-6-4(7)8/h3H,2H2,1H3,(H,6,8). The summed E-state index contributed by atoms with van der Waals surface area (Å²) in [4.78, 5) is 0. The van der Waals surface area contributed by atoms with Crippen LogP contribution in [0, 0.1) is 4.77 Å². The monoisotopic (exact) mass is 129 g/mol. The van der Waals surface area contributed by atoms with Crippen LogP contribution in [0.2, 0.25) is 0 Å². The number of aromatic nitrogens is 3. The largest absolute Gasteiger partial charge is 0.307 e. The molecule has 0 spiro atoms. The molecule has 0 bridgehead atoms. The predicted molar refractivity (Wildman–Crippen MR) is 33.1 cm³/mol. The van der Waals surface area contributed by atoms with Gasteiger partial charge in [0.1, 0.15) is 6.33 Å². The van der Waals surface area contributed by atoms with Crippen molar-refractivity contribution in [2.45, 2.75) is 13.5 Å². The highest BCUT2D eigenvalue weighted by Crippen LogP contribution is 1.83. The Bertz CT molecular complexity index is 211. The lowest BCUT2D eigenvalue weighted by Crippen LogP contribution is -1.89. The Balaban J connectivity index is 3.11. The summed E-state index contributed by atoms with van der Waals surface area (Å²) < 4.78 is 2.54. The highest BCUT2D eigenvalue weighted by Gasteiger charge is 1.84. The Labute approximate surface area is 52.3 Å². The first-order valence-electron chi connectivity index (χ1n) is 2.44. The molecular weight excluding hydrogens is 122 g/mol. The maximum Gasteiger partial charge on any atom is 0.194 e. The minimum Gasteiger partial charge on any atom is -0.307 e. The first-order chi connectivity index (χ1) is 3.84. The van der Waals surface area contributed by atoms with Gasteiger partial charge in [-0.1, -0.05) is 0 Å². The fourth-order valence-electron chi connectivity index (χ4n) is 0.496. The van der Waals surface area contributed by atoms with E-state index in [0.717, 1.165) is 6.54 Å². The Morgan fingerprint density at radius 3 is 3.00 bits per heavy atom. The van der Waals surface area contributed by atoms with Gasteiger partial charge in [0.15, 0.2) is 4.77 Å². The molecule has 0 fully saturated rings. The molecular formula is C4H7N3S. The van der Waals surface area contributed by atoms with Crippen molar-refractivity contribution in [3.05, 3.63) is 11.1 Å². The summed E-state index contributed by atoms with van der Waals surface area (Å²) in [7, 11) is 0. The van der Waals surface area contributed by atoms with E-state index in [1.165, 1.54) is 0 Å². The first-order valence-corrected chi connectivity index (χ1v) is 2.85. The van der Waals surface area contributed by atoms with E-state index in [1.54, 1.807) is 6.33 Å². The van der Waals surface area contributed by atoms with Crippen LogP contribution in [0.5, 0.6) is 0 Å². The maximum atomic E-state index is 4.83. The van der Waals surface area contributed by atoms with E-state index in [4.69, 9.17) is 12.2 Å². The van der Waals surface area contributed by atoms with Crippen molar-refractivity contribution in [3.63, 3.8) is 0 Å². The molecule has 0 unspecified atom stereocenters. The molecule has 1 aromatic heterocycles. The van der Waals surface area contributed by atoms with Crippen molar-refractivity contribution in [1.29, 1.82) is 0 Å². The average Bonchev–Trinajstić information content (AvgIpc) is 2.14. The van der Waals surface area contributed by atoms with E-state index in [0.29, 0.717) is 4.77 Å². The molecule has 8 heavy (non-hydrogen) atoms. The van der Waals surface area contributed by atoms with Crippen molar-refractivity contribution in [3.8, 4) is 0 Å². The summed E-state index contributed by atoms with van der Waals surface area (Å²) in [6.07, 6.45) is 1.68. The van der Waals surface area contributed by atoms with Gasteiger partial charge in [-0.2, -0.15) is 5.10 Å². The SMILES string of the molecule is CCn1cn[nH]c1=S. The minimum absolute atomic E-state index is 0.688. The molecule has 0 aliphatic heterocycles. The summed E-state index contributed by atoms with van der Waals surface area (Å²) >= 11 is 4.83. The quantitative estimate of drug-likeness (QED) is 0.573. The molecule has 1 heterocycles. The van der Waals surface area contributed by atoms with Crippen molar-refractivity contribution >= 4 is 12.2 Å². The molecule has 0 aliphatic rings. The topological polar surface area (TPSA) is 33.6 Å². The molecule has 0 saturated heterocycles. The van der Waals surface area contributed by atoms with Crippen LogP contribution in [0.1, 0.15) is 6.92 Å². The molecule has 0 saturated carbocycles. The van der Waals surface area contributed by atoms with Crippen LogP contribution in [0.25, 0.3) is 0 Å². The van der Waals surface area contributed by atoms with Gasteiger partial charge in [-0.15, -0.1) is 0 Å². The minimum atomic E-state index is 0.688. The highest BCUT2D eigenvalue weighted by molar-refractivity contribution is 7.71. The second-order valence-corrected chi connectivity index (χ2v) is 1.83. The van der Waals surface area contributed by atoms with Gasteiger partial charge < -0.3 is 4.57 Å². The smallest absolute Gasteiger partial charge is 0.194 e. The second-order valence-electron chi connectivity index (χ2n) is 1.45. The highest BCUT2D eigenvalue weighted by atomic mass is 32.1. The van der Waals surface area contributed by atoms with E-state index in [-0.39, 0.29) is 0 Å². The molecule has 44 valence electrons. The van der Waals surface area contributed by atoms with Gasteiger partial charge in [0, 0.05) is 6.54 Å². The maximum absolute atomic E-state index is 4.83. The van der Waals surface area contributed by atoms with Crippen LogP contribution in [0.3, 0.4) is 0 Å². The molecule has 1 rings (SSSR count). The summed E-state index contributed by atoms with van der Waals surface area (Å²) in [5.74, 6) is 0. The molecule has 0 amide bonds. The third kappa shape index (κ3) is 0.790. The van der Waals surface area contributed by atoms with Crippen LogP contribution in [-0.4, -0.2) is 14.8 Å². The Kier molecular flexibility index (Phi) is 1.43. The molecule has 0 radical (unpaired) electrons. The van der Waals surface area contributed by atoms with Crippen molar-refractivity contribution in [2.24, 2.45) is 0 Å². The van der Waals surface area contributed by atoms with Crippen molar-refractivity contribution in [1.82, 2.24) is 14.8 Å². The number of H-pyrrole nitrogens is 1. The van der Waals surface area contributed by atoms with Crippen molar-refractivity contribution in [2.75, 3.05) is 0 Å². The van der Waals surface area contributed by atoms with Gasteiger partial charge >= 0.3 is 0 Å². The Morgan fingerprint density at radius 2 is 2.75 bits per heavy atom. The zero-order chi connectivity index (χ0) is 5.98. The summed E-state index contributed by atoms with van der Waals surface area (Å²) in [5.41, 5.74) is 0. The number of hydrogen-bond acceptors (Lipinski definition) is 2. The van der Waals surface area contributed by atoms with Gasteiger partial charge in [-0.3, -0.25) is 5.10 Å². The summed E-state index contributed by atoms with van der Waals surface area (Å²) in [6.45, 7) is 2.90. The van der Waals surface area contributed by atoms with E-state index >= 15 is 0 Å². The van der Waals surface area contributed by atoms with Gasteiger partial charge in [0.25, 0.3) is 0 Å². The third-order valence-corrected chi connectivity index (χ3v) is 1.28. The van der Waals surface area contributed by atoms with Crippen LogP contribution >= 0.6 is 12.2 Å². The second kappa shape index (κ2) is 2.09. The molecule has 0 aliphatic carbocycles. The lowest BCUT2D eigenvalue weighted by Gasteiger charge is -1.87. The molecule has 0 aromatic carbocycles. The van der Waals surface area contributed by atoms with E-state index in [9.17, 15) is 0 Å². The van der Waals surface area contributed by atoms with Crippen LogP contribution in [0.15, 0.2) is 6.33 Å². The number of rotatable bonds is 1. The fourth-order valence-corrected chi connectivity index (χ4v) is 0.725. The fraction of sp³-hybridized carbons (Fsp3) is 0.500. The average molecular weight is 129 g/mol. The van der Waals surface area contributed by atoms with Crippen molar-refractivity contribution < 1.29 is 0 Å². The van der Waals surface area contributed by atoms with Crippen LogP contribution in [0.4, 0.5) is 0 Å². The zero-order valence-corrected chi connectivity index (χ0v) is 5.40. The number of aromatic amines is 1. The lowest BCUT2D eigenvalue weighted by atomic mass is 10.7. The Hall–Kier alpha value is -0.640. The molecule has 0 atom stereocenters. The Morgan fingerprint density at radius 1 is 2.00 bits per heavy atom. The van der Waals surface area contributed by atoms with E-state index in [2.05, 4.69) is 10.2 Å². The number of aryl methyl sites for hydroxylation is 1. The zero-order valence-electron chi connectivity index (χ0n) is 4.59. The number of nitrogens with one attached hydrogen (secondary N) is 1. The number of nitrogens with zero attached hydrogens (tertiary/aromatic N) is 2. The molecule has 4 heteroatoms. The first kappa shape index (κ1) is 5.50. The molecule has 3 nitrogen and oxygen atoms in total. The van der Waals surface area contributed by atoms with Crippen LogP contribution < -0.4 is 0 Å². The van der Waals surface area contributed by atoms with E-state index in [1.807, 2.05) is 11.5 Å². The number of hydrogen-bond donors (Lipinski definition) is 1. The van der Waals surface area contributed by atoms with Gasteiger partial charge in [-0.05, 0) is 19.1 Å². The lowest BCUT2D eigenvalue weighted by molar-refractivity contribution is 0.748. The van der Waals surface area contributed by atoms with Gasteiger partial charge in [0.2, 0.25) is 0 Å². The third-order valence-electron chi connectivity index (χ3n) is 0.959. The normalized spacial score (nSPS) is 9.62.